The van der Waals surface area contributed by atoms with Crippen molar-refractivity contribution in [3.05, 3.63) is 24.3 Å². The van der Waals surface area contributed by atoms with E-state index < -0.39 is 0 Å². The Morgan fingerprint density at radius 2 is 2.18 bits per heavy atom. The van der Waals surface area contributed by atoms with Crippen molar-refractivity contribution in [2.24, 2.45) is 0 Å². The second-order valence-electron chi connectivity index (χ2n) is 3.99. The molecule has 0 radical (unpaired) electrons. The first-order valence-electron chi connectivity index (χ1n) is 5.95. The van der Waals surface area contributed by atoms with Crippen molar-refractivity contribution >= 4 is 34.9 Å². The summed E-state index contributed by atoms with van der Waals surface area (Å²) in [5, 5.41) is 2.92. The SMILES string of the molecule is CCCCCC(=O)Nc1nc2ccccc2[se]1. The van der Waals surface area contributed by atoms with Gasteiger partial charge < -0.3 is 0 Å². The average Bonchev–Trinajstić information content (AvgIpc) is 2.71. The van der Waals surface area contributed by atoms with Crippen LogP contribution < -0.4 is 5.32 Å². The summed E-state index contributed by atoms with van der Waals surface area (Å²) >= 11 is 0.164. The van der Waals surface area contributed by atoms with E-state index in [4.69, 9.17) is 0 Å². The van der Waals surface area contributed by atoms with E-state index in [9.17, 15) is 4.79 Å². The van der Waals surface area contributed by atoms with Crippen LogP contribution in [0, 0.1) is 0 Å². The molecule has 1 amide bonds. The Labute approximate surface area is 107 Å². The van der Waals surface area contributed by atoms with Gasteiger partial charge in [0.15, 0.2) is 0 Å². The Morgan fingerprint density at radius 1 is 1.35 bits per heavy atom. The molecule has 0 fully saturated rings. The van der Waals surface area contributed by atoms with Gasteiger partial charge in [0, 0.05) is 0 Å². The fourth-order valence-electron chi connectivity index (χ4n) is 1.64. The third-order valence-electron chi connectivity index (χ3n) is 2.55. The van der Waals surface area contributed by atoms with Crippen molar-refractivity contribution in [3.8, 4) is 0 Å². The van der Waals surface area contributed by atoms with Crippen LogP contribution in [0.1, 0.15) is 32.6 Å². The van der Waals surface area contributed by atoms with Crippen molar-refractivity contribution in [3.63, 3.8) is 0 Å². The summed E-state index contributed by atoms with van der Waals surface area (Å²) in [6.07, 6.45) is 3.84. The van der Waals surface area contributed by atoms with Crippen molar-refractivity contribution in [2.75, 3.05) is 5.32 Å². The van der Waals surface area contributed by atoms with Crippen LogP contribution in [0.15, 0.2) is 24.3 Å². The molecule has 0 aliphatic heterocycles. The number of fused-ring (bicyclic) bond motifs is 1. The number of aromatic nitrogens is 1. The van der Waals surface area contributed by atoms with Crippen molar-refractivity contribution in [1.82, 2.24) is 4.98 Å². The topological polar surface area (TPSA) is 42.0 Å². The molecule has 0 atom stereocenters. The number of hydrogen-bond acceptors (Lipinski definition) is 2. The Hall–Kier alpha value is -1.12. The van der Waals surface area contributed by atoms with Gasteiger partial charge in [-0.05, 0) is 0 Å². The third-order valence-corrected chi connectivity index (χ3v) is 4.54. The molecule has 1 heterocycles. The first-order valence-corrected chi connectivity index (χ1v) is 7.66. The summed E-state index contributed by atoms with van der Waals surface area (Å²) in [5.74, 6) is 0.104. The van der Waals surface area contributed by atoms with E-state index in [1.807, 2.05) is 18.2 Å². The molecule has 1 N–H and O–H groups in total. The number of unbranched alkanes of at least 4 members (excludes halogenated alkanes) is 2. The van der Waals surface area contributed by atoms with Crippen LogP contribution in [0.3, 0.4) is 0 Å². The summed E-state index contributed by atoms with van der Waals surface area (Å²) in [6, 6.07) is 8.06. The summed E-state index contributed by atoms with van der Waals surface area (Å²) in [5.41, 5.74) is 1.01. The van der Waals surface area contributed by atoms with E-state index in [-0.39, 0.29) is 20.4 Å². The van der Waals surface area contributed by atoms with Crippen LogP contribution in [-0.4, -0.2) is 25.4 Å². The molecule has 0 saturated carbocycles. The van der Waals surface area contributed by atoms with E-state index in [2.05, 4.69) is 23.3 Å². The van der Waals surface area contributed by atoms with Gasteiger partial charge in [-0.2, -0.15) is 0 Å². The van der Waals surface area contributed by atoms with Crippen LogP contribution in [0.4, 0.5) is 4.69 Å². The number of hydrogen-bond donors (Lipinski definition) is 1. The van der Waals surface area contributed by atoms with Gasteiger partial charge >= 0.3 is 107 Å². The van der Waals surface area contributed by atoms with Crippen LogP contribution >= 0.6 is 0 Å². The van der Waals surface area contributed by atoms with E-state index in [0.717, 1.165) is 29.5 Å². The van der Waals surface area contributed by atoms with E-state index in [1.165, 1.54) is 4.26 Å². The van der Waals surface area contributed by atoms with Crippen molar-refractivity contribution < 1.29 is 4.79 Å². The summed E-state index contributed by atoms with van der Waals surface area (Å²) in [4.78, 5) is 16.1. The van der Waals surface area contributed by atoms with Gasteiger partial charge in [-0.15, -0.1) is 0 Å². The molecule has 0 spiro atoms. The number of rotatable bonds is 5. The molecular formula is C13H16N2OSe. The first kappa shape index (κ1) is 12.3. The second kappa shape index (κ2) is 5.99. The number of anilines is 1. The number of amides is 1. The summed E-state index contributed by atoms with van der Waals surface area (Å²) < 4.78 is 2.10. The van der Waals surface area contributed by atoms with Crippen LogP contribution in [0.25, 0.3) is 9.78 Å². The third kappa shape index (κ3) is 3.42. The molecule has 2 rings (SSSR count). The minimum absolute atomic E-state index is 0.104. The maximum atomic E-state index is 11.6. The molecule has 4 heteroatoms. The Morgan fingerprint density at radius 3 is 2.94 bits per heavy atom. The van der Waals surface area contributed by atoms with Crippen molar-refractivity contribution in [1.29, 1.82) is 0 Å². The Kier molecular flexibility index (Phi) is 4.35. The molecule has 1 aromatic carbocycles. The normalized spacial score (nSPS) is 10.6. The molecule has 3 nitrogen and oxygen atoms in total. The number of para-hydroxylation sites is 1. The zero-order valence-corrected chi connectivity index (χ0v) is 11.6. The Bertz CT molecular complexity index is 474. The van der Waals surface area contributed by atoms with E-state index in [0.29, 0.717) is 6.42 Å². The zero-order valence-electron chi connectivity index (χ0n) is 9.90. The van der Waals surface area contributed by atoms with Gasteiger partial charge in [0.25, 0.3) is 0 Å². The molecule has 0 aliphatic carbocycles. The van der Waals surface area contributed by atoms with Gasteiger partial charge in [0.2, 0.25) is 0 Å². The van der Waals surface area contributed by atoms with Crippen molar-refractivity contribution in [2.45, 2.75) is 32.6 Å². The Balaban J connectivity index is 1.96. The predicted octanol–water partition coefficient (Wildman–Crippen LogP) is 2.81. The van der Waals surface area contributed by atoms with Crippen LogP contribution in [0.5, 0.6) is 0 Å². The molecule has 0 saturated heterocycles. The average molecular weight is 295 g/mol. The molecule has 0 bridgehead atoms. The molecular weight excluding hydrogens is 279 g/mol. The van der Waals surface area contributed by atoms with Gasteiger partial charge in [-0.1, -0.05) is 0 Å². The number of carbonyl (C=O) groups excluding carboxylic acids is 1. The first-order chi connectivity index (χ1) is 8.29. The predicted molar refractivity (Wildman–Crippen MR) is 71.5 cm³/mol. The molecule has 90 valence electrons. The molecule has 1 aromatic heterocycles. The van der Waals surface area contributed by atoms with Gasteiger partial charge in [0.1, 0.15) is 0 Å². The fourth-order valence-corrected chi connectivity index (χ4v) is 3.49. The van der Waals surface area contributed by atoms with Crippen LogP contribution in [0.2, 0.25) is 0 Å². The van der Waals surface area contributed by atoms with Gasteiger partial charge in [0.05, 0.1) is 0 Å². The molecule has 0 aliphatic rings. The van der Waals surface area contributed by atoms with E-state index >= 15 is 0 Å². The maximum absolute atomic E-state index is 11.6. The molecule has 2 aromatic rings. The summed E-state index contributed by atoms with van der Waals surface area (Å²) in [6.45, 7) is 2.14. The summed E-state index contributed by atoms with van der Waals surface area (Å²) in [7, 11) is 0. The monoisotopic (exact) mass is 296 g/mol. The van der Waals surface area contributed by atoms with Gasteiger partial charge in [-0.25, -0.2) is 0 Å². The standard InChI is InChI=1S/C13H16N2OSe/c1-2-3-4-9-12(16)15-13-14-10-7-5-6-8-11(10)17-13/h5-8H,2-4,9H2,1H3,(H,14,15,16). The second-order valence-corrected chi connectivity index (χ2v) is 6.15. The molecule has 17 heavy (non-hydrogen) atoms. The fraction of sp³-hybridized carbons (Fsp3) is 0.385. The quantitative estimate of drug-likeness (QED) is 0.681. The number of nitrogens with one attached hydrogen (secondary N) is 1. The number of benzene rings is 1. The number of carbonyl (C=O) groups is 1. The van der Waals surface area contributed by atoms with Crippen LogP contribution in [-0.2, 0) is 4.79 Å². The number of nitrogens with zero attached hydrogens (tertiary/aromatic N) is 1. The zero-order chi connectivity index (χ0) is 12.1. The molecule has 0 unspecified atom stereocenters. The minimum atomic E-state index is 0.104. The van der Waals surface area contributed by atoms with Gasteiger partial charge in [-0.3, -0.25) is 0 Å². The van der Waals surface area contributed by atoms with E-state index in [1.54, 1.807) is 0 Å².